The van der Waals surface area contributed by atoms with Gasteiger partial charge in [-0.25, -0.2) is 13.4 Å². The van der Waals surface area contributed by atoms with Crippen LogP contribution in [0.3, 0.4) is 0 Å². The second-order valence-corrected chi connectivity index (χ2v) is 8.36. The van der Waals surface area contributed by atoms with Gasteiger partial charge in [0.2, 0.25) is 10.0 Å². The van der Waals surface area contributed by atoms with Crippen LogP contribution in [0, 0.1) is 11.3 Å². The summed E-state index contributed by atoms with van der Waals surface area (Å²) in [5.74, 6) is 1.43. The SMILES string of the molecule is COc1ccc(S(=O)(=O)N2CCN(c3ccc(Cl)c(C#N)n3)CC2)cc1OC. The minimum atomic E-state index is -3.67. The Morgan fingerprint density at radius 2 is 1.75 bits per heavy atom. The quantitative estimate of drug-likeness (QED) is 0.728. The predicted molar refractivity (Wildman–Crippen MR) is 104 cm³/mol. The van der Waals surface area contributed by atoms with Crippen molar-refractivity contribution in [2.24, 2.45) is 0 Å². The number of aromatic nitrogens is 1. The summed E-state index contributed by atoms with van der Waals surface area (Å²) >= 11 is 5.92. The van der Waals surface area contributed by atoms with E-state index in [1.807, 2.05) is 11.0 Å². The van der Waals surface area contributed by atoms with E-state index < -0.39 is 10.0 Å². The number of benzene rings is 1. The summed E-state index contributed by atoms with van der Waals surface area (Å²) in [6.45, 7) is 1.49. The van der Waals surface area contributed by atoms with E-state index in [1.165, 1.54) is 30.7 Å². The number of rotatable bonds is 5. The Hall–Kier alpha value is -2.54. The zero-order chi connectivity index (χ0) is 20.3. The van der Waals surface area contributed by atoms with Gasteiger partial charge in [-0.2, -0.15) is 9.57 Å². The van der Waals surface area contributed by atoms with Crippen molar-refractivity contribution in [1.29, 1.82) is 5.26 Å². The maximum absolute atomic E-state index is 13.0. The van der Waals surface area contributed by atoms with Gasteiger partial charge in [0, 0.05) is 32.2 Å². The number of anilines is 1. The predicted octanol–water partition coefficient (Wildman–Crippen LogP) is 2.13. The number of nitriles is 1. The van der Waals surface area contributed by atoms with Crippen LogP contribution in [-0.2, 0) is 10.0 Å². The molecule has 1 aliphatic rings. The molecule has 0 spiro atoms. The fourth-order valence-corrected chi connectivity index (χ4v) is 4.56. The van der Waals surface area contributed by atoms with Crippen molar-refractivity contribution < 1.29 is 17.9 Å². The molecule has 148 valence electrons. The highest BCUT2D eigenvalue weighted by Gasteiger charge is 2.30. The molecule has 10 heteroatoms. The third kappa shape index (κ3) is 3.85. The summed E-state index contributed by atoms with van der Waals surface area (Å²) in [6, 6.07) is 9.83. The fraction of sp³-hybridized carbons (Fsp3) is 0.333. The van der Waals surface area contributed by atoms with Crippen LogP contribution in [0.25, 0.3) is 0 Å². The average Bonchev–Trinajstić information content (AvgIpc) is 2.73. The number of sulfonamides is 1. The summed E-state index contributed by atoms with van der Waals surface area (Å²) in [5, 5.41) is 9.37. The first-order chi connectivity index (χ1) is 13.4. The summed E-state index contributed by atoms with van der Waals surface area (Å²) in [4.78, 5) is 6.31. The van der Waals surface area contributed by atoms with Gasteiger partial charge < -0.3 is 14.4 Å². The first kappa shape index (κ1) is 20.2. The van der Waals surface area contributed by atoms with E-state index in [4.69, 9.17) is 26.3 Å². The highest BCUT2D eigenvalue weighted by molar-refractivity contribution is 7.89. The number of ether oxygens (including phenoxy) is 2. The fourth-order valence-electron chi connectivity index (χ4n) is 2.97. The lowest BCUT2D eigenvalue weighted by molar-refractivity contribution is 0.353. The van der Waals surface area contributed by atoms with E-state index in [2.05, 4.69) is 4.98 Å². The Bertz CT molecular complexity index is 1010. The van der Waals surface area contributed by atoms with Gasteiger partial charge in [-0.1, -0.05) is 11.6 Å². The molecule has 0 aliphatic carbocycles. The first-order valence-electron chi connectivity index (χ1n) is 8.44. The third-order valence-corrected chi connectivity index (χ3v) is 6.69. The van der Waals surface area contributed by atoms with E-state index in [0.29, 0.717) is 48.5 Å². The first-order valence-corrected chi connectivity index (χ1v) is 10.3. The Labute approximate surface area is 168 Å². The van der Waals surface area contributed by atoms with E-state index in [9.17, 15) is 8.42 Å². The van der Waals surface area contributed by atoms with Crippen LogP contribution in [0.5, 0.6) is 11.5 Å². The van der Waals surface area contributed by atoms with Crippen LogP contribution in [0.4, 0.5) is 5.82 Å². The maximum Gasteiger partial charge on any atom is 0.243 e. The summed E-state index contributed by atoms with van der Waals surface area (Å²) in [7, 11) is -0.714. The minimum Gasteiger partial charge on any atom is -0.493 e. The van der Waals surface area contributed by atoms with Crippen molar-refractivity contribution in [2.75, 3.05) is 45.3 Å². The lowest BCUT2D eigenvalue weighted by Gasteiger charge is -2.34. The molecule has 0 atom stereocenters. The van der Waals surface area contributed by atoms with Crippen LogP contribution >= 0.6 is 11.6 Å². The number of hydrogen-bond donors (Lipinski definition) is 0. The molecular formula is C18H19ClN4O4S. The van der Waals surface area contributed by atoms with Gasteiger partial charge in [0.1, 0.15) is 11.9 Å². The van der Waals surface area contributed by atoms with Gasteiger partial charge in [-0.15, -0.1) is 0 Å². The van der Waals surface area contributed by atoms with Crippen molar-refractivity contribution in [3.8, 4) is 17.6 Å². The molecular weight excluding hydrogens is 404 g/mol. The van der Waals surface area contributed by atoms with Crippen molar-refractivity contribution in [3.63, 3.8) is 0 Å². The number of halogens is 1. The van der Waals surface area contributed by atoms with Gasteiger partial charge in [0.25, 0.3) is 0 Å². The molecule has 0 radical (unpaired) electrons. The number of methoxy groups -OCH3 is 2. The Morgan fingerprint density at radius 3 is 2.36 bits per heavy atom. The Kier molecular flexibility index (Phi) is 5.93. The molecule has 1 aromatic heterocycles. The Morgan fingerprint density at radius 1 is 1.07 bits per heavy atom. The molecule has 0 saturated carbocycles. The molecule has 2 heterocycles. The van der Waals surface area contributed by atoms with Crippen molar-refractivity contribution in [1.82, 2.24) is 9.29 Å². The zero-order valence-corrected chi connectivity index (χ0v) is 17.0. The monoisotopic (exact) mass is 422 g/mol. The molecule has 3 rings (SSSR count). The van der Waals surface area contributed by atoms with Crippen LogP contribution in [0.1, 0.15) is 5.69 Å². The van der Waals surface area contributed by atoms with Crippen LogP contribution < -0.4 is 14.4 Å². The highest BCUT2D eigenvalue weighted by Crippen LogP contribution is 2.31. The molecule has 0 amide bonds. The van der Waals surface area contributed by atoms with E-state index in [-0.39, 0.29) is 10.6 Å². The summed E-state index contributed by atoms with van der Waals surface area (Å²) in [5.41, 5.74) is 0.152. The lowest BCUT2D eigenvalue weighted by Crippen LogP contribution is -2.48. The van der Waals surface area contributed by atoms with Gasteiger partial charge in [-0.05, 0) is 24.3 Å². The van der Waals surface area contributed by atoms with E-state index in [1.54, 1.807) is 18.2 Å². The molecule has 0 bridgehead atoms. The molecule has 1 aromatic carbocycles. The molecule has 1 fully saturated rings. The molecule has 1 saturated heterocycles. The summed E-state index contributed by atoms with van der Waals surface area (Å²) < 4.78 is 37.7. The molecule has 28 heavy (non-hydrogen) atoms. The van der Waals surface area contributed by atoms with Crippen LogP contribution in [-0.4, -0.2) is 58.1 Å². The van der Waals surface area contributed by atoms with Gasteiger partial charge in [-0.3, -0.25) is 0 Å². The topological polar surface area (TPSA) is 95.8 Å². The molecule has 2 aromatic rings. The maximum atomic E-state index is 13.0. The second-order valence-electron chi connectivity index (χ2n) is 6.02. The number of piperazine rings is 1. The van der Waals surface area contributed by atoms with Crippen LogP contribution in [0.2, 0.25) is 5.02 Å². The van der Waals surface area contributed by atoms with Crippen molar-refractivity contribution >= 4 is 27.4 Å². The van der Waals surface area contributed by atoms with Crippen LogP contribution in [0.15, 0.2) is 35.2 Å². The third-order valence-electron chi connectivity index (χ3n) is 4.49. The number of hydrogen-bond acceptors (Lipinski definition) is 7. The largest absolute Gasteiger partial charge is 0.493 e. The van der Waals surface area contributed by atoms with Crippen molar-refractivity contribution in [3.05, 3.63) is 41.0 Å². The smallest absolute Gasteiger partial charge is 0.243 e. The Balaban J connectivity index is 1.76. The normalized spacial score (nSPS) is 15.1. The number of pyridine rings is 1. The van der Waals surface area contributed by atoms with E-state index >= 15 is 0 Å². The lowest BCUT2D eigenvalue weighted by atomic mass is 10.3. The average molecular weight is 423 g/mol. The zero-order valence-electron chi connectivity index (χ0n) is 15.4. The van der Waals surface area contributed by atoms with Gasteiger partial charge in [0.05, 0.1) is 24.1 Å². The molecule has 8 nitrogen and oxygen atoms in total. The van der Waals surface area contributed by atoms with E-state index in [0.717, 1.165) is 0 Å². The van der Waals surface area contributed by atoms with Crippen molar-refractivity contribution in [2.45, 2.75) is 4.90 Å². The standard InChI is InChI=1S/C18H19ClN4O4S/c1-26-16-5-3-13(11-17(16)27-2)28(24,25)23-9-7-22(8-10-23)18-6-4-14(19)15(12-20)21-18/h3-6,11H,7-10H2,1-2H3. The molecule has 0 N–H and O–H groups in total. The second kappa shape index (κ2) is 8.22. The molecule has 0 unspecified atom stereocenters. The van der Waals surface area contributed by atoms with Gasteiger partial charge >= 0.3 is 0 Å². The summed E-state index contributed by atoms with van der Waals surface area (Å²) in [6.07, 6.45) is 0. The number of nitrogens with zero attached hydrogens (tertiary/aromatic N) is 4. The minimum absolute atomic E-state index is 0.148. The van der Waals surface area contributed by atoms with Gasteiger partial charge in [0.15, 0.2) is 17.2 Å². The molecule has 1 aliphatic heterocycles. The highest BCUT2D eigenvalue weighted by atomic mass is 35.5.